The lowest BCUT2D eigenvalue weighted by atomic mass is 10.1. The average molecular weight is 299 g/mol. The fourth-order valence-electron chi connectivity index (χ4n) is 2.39. The molecule has 1 amide bonds. The summed E-state index contributed by atoms with van der Waals surface area (Å²) in [6.07, 6.45) is 1.57. The van der Waals surface area contributed by atoms with E-state index in [0.717, 1.165) is 0 Å². The van der Waals surface area contributed by atoms with E-state index in [4.69, 9.17) is 5.11 Å². The van der Waals surface area contributed by atoms with Crippen molar-refractivity contribution >= 4 is 11.9 Å². The minimum absolute atomic E-state index is 0.0200. The van der Waals surface area contributed by atoms with Crippen LogP contribution in [0.2, 0.25) is 0 Å². The number of carbonyl (C=O) groups excluding carboxylic acids is 1. The third-order valence-corrected chi connectivity index (χ3v) is 3.46. The zero-order valence-corrected chi connectivity index (χ0v) is 11.1. The van der Waals surface area contributed by atoms with E-state index in [2.05, 4.69) is 10.1 Å². The first kappa shape index (κ1) is 15.2. The molecule has 0 heterocycles. The van der Waals surface area contributed by atoms with Gasteiger partial charge < -0.3 is 15.2 Å². The molecule has 1 aliphatic rings. The molecule has 1 fully saturated rings. The zero-order valence-electron chi connectivity index (χ0n) is 11.1. The van der Waals surface area contributed by atoms with E-state index < -0.39 is 18.5 Å². The van der Waals surface area contributed by atoms with Gasteiger partial charge in [-0.3, -0.25) is 9.59 Å². The summed E-state index contributed by atoms with van der Waals surface area (Å²) in [5.74, 6) is -1.64. The standard InChI is InChI=1S/C14H15F2NO4/c15-14(16)21-11-5-2-8(3-6-11)12(18)17-10-4-1-9(7-10)13(19)20/h2-3,5-6,9-10,14H,1,4,7H2,(H,17,18)(H,19,20). The van der Waals surface area contributed by atoms with E-state index in [9.17, 15) is 18.4 Å². The Labute approximate surface area is 119 Å². The van der Waals surface area contributed by atoms with Crippen LogP contribution in [0.1, 0.15) is 29.6 Å². The molecule has 0 aliphatic heterocycles. The highest BCUT2D eigenvalue weighted by atomic mass is 19.3. The molecular formula is C14H15F2NO4. The van der Waals surface area contributed by atoms with Gasteiger partial charge in [0.1, 0.15) is 5.75 Å². The SMILES string of the molecule is O=C(NC1CCC(C(=O)O)C1)c1ccc(OC(F)F)cc1. The van der Waals surface area contributed by atoms with E-state index in [1.54, 1.807) is 0 Å². The van der Waals surface area contributed by atoms with E-state index >= 15 is 0 Å². The maximum absolute atomic E-state index is 12.0. The molecule has 2 rings (SSSR count). The Balaban J connectivity index is 1.90. The molecule has 0 spiro atoms. The fourth-order valence-corrected chi connectivity index (χ4v) is 2.39. The van der Waals surface area contributed by atoms with Crippen molar-refractivity contribution in [3.8, 4) is 5.75 Å². The normalized spacial score (nSPS) is 21.3. The lowest BCUT2D eigenvalue weighted by Gasteiger charge is -2.12. The molecule has 2 atom stereocenters. The highest BCUT2D eigenvalue weighted by molar-refractivity contribution is 5.94. The van der Waals surface area contributed by atoms with Crippen molar-refractivity contribution in [3.63, 3.8) is 0 Å². The number of rotatable bonds is 5. The van der Waals surface area contributed by atoms with Crippen LogP contribution in [0.4, 0.5) is 8.78 Å². The van der Waals surface area contributed by atoms with Gasteiger partial charge in [-0.2, -0.15) is 8.78 Å². The van der Waals surface area contributed by atoms with Gasteiger partial charge in [-0.25, -0.2) is 0 Å². The van der Waals surface area contributed by atoms with Crippen LogP contribution in [-0.2, 0) is 4.79 Å². The molecule has 0 radical (unpaired) electrons. The van der Waals surface area contributed by atoms with E-state index in [1.807, 2.05) is 0 Å². The van der Waals surface area contributed by atoms with E-state index in [1.165, 1.54) is 24.3 Å². The van der Waals surface area contributed by atoms with Gasteiger partial charge in [0.05, 0.1) is 5.92 Å². The number of carboxylic acids is 1. The second kappa shape index (κ2) is 6.51. The van der Waals surface area contributed by atoms with Crippen LogP contribution in [0, 0.1) is 5.92 Å². The summed E-state index contributed by atoms with van der Waals surface area (Å²) in [5.41, 5.74) is 0.315. The molecular weight excluding hydrogens is 284 g/mol. The first-order valence-electron chi connectivity index (χ1n) is 6.54. The van der Waals surface area contributed by atoms with Crippen LogP contribution in [0.3, 0.4) is 0 Å². The van der Waals surface area contributed by atoms with E-state index in [0.29, 0.717) is 24.8 Å². The molecule has 2 N–H and O–H groups in total. The fraction of sp³-hybridized carbons (Fsp3) is 0.429. The smallest absolute Gasteiger partial charge is 0.387 e. The van der Waals surface area contributed by atoms with Gasteiger partial charge in [0, 0.05) is 11.6 Å². The largest absolute Gasteiger partial charge is 0.481 e. The number of hydrogen-bond donors (Lipinski definition) is 2. The quantitative estimate of drug-likeness (QED) is 0.874. The van der Waals surface area contributed by atoms with Crippen molar-refractivity contribution in [2.24, 2.45) is 5.92 Å². The molecule has 114 valence electrons. The van der Waals surface area contributed by atoms with Crippen LogP contribution in [0.5, 0.6) is 5.75 Å². The van der Waals surface area contributed by atoms with Gasteiger partial charge >= 0.3 is 12.6 Å². The number of carbonyl (C=O) groups is 2. The van der Waals surface area contributed by atoms with Crippen LogP contribution in [0.15, 0.2) is 24.3 Å². The Kier molecular flexibility index (Phi) is 4.72. The molecule has 7 heteroatoms. The minimum atomic E-state index is -2.91. The zero-order chi connectivity index (χ0) is 15.4. The van der Waals surface area contributed by atoms with Gasteiger partial charge in [0.25, 0.3) is 5.91 Å². The lowest BCUT2D eigenvalue weighted by Crippen LogP contribution is -2.33. The Hall–Kier alpha value is -2.18. The summed E-state index contributed by atoms with van der Waals surface area (Å²) in [7, 11) is 0. The predicted octanol–water partition coefficient (Wildman–Crippen LogP) is 2.27. The Morgan fingerprint density at radius 2 is 1.90 bits per heavy atom. The van der Waals surface area contributed by atoms with Gasteiger partial charge in [-0.1, -0.05) is 0 Å². The summed E-state index contributed by atoms with van der Waals surface area (Å²) in [4.78, 5) is 22.8. The van der Waals surface area contributed by atoms with Crippen molar-refractivity contribution < 1.29 is 28.2 Å². The molecule has 5 nitrogen and oxygen atoms in total. The summed E-state index contributed by atoms with van der Waals surface area (Å²) < 4.78 is 28.2. The molecule has 1 aliphatic carbocycles. The number of halogens is 2. The van der Waals surface area contributed by atoms with Crippen molar-refractivity contribution in [1.82, 2.24) is 5.32 Å². The highest BCUT2D eigenvalue weighted by Crippen LogP contribution is 2.26. The van der Waals surface area contributed by atoms with Crippen LogP contribution >= 0.6 is 0 Å². The molecule has 2 unspecified atom stereocenters. The number of ether oxygens (including phenoxy) is 1. The number of benzene rings is 1. The topological polar surface area (TPSA) is 75.6 Å². The van der Waals surface area contributed by atoms with Crippen molar-refractivity contribution in [1.29, 1.82) is 0 Å². The first-order valence-corrected chi connectivity index (χ1v) is 6.54. The van der Waals surface area contributed by atoms with Crippen molar-refractivity contribution in [2.75, 3.05) is 0 Å². The number of aliphatic carboxylic acids is 1. The second-order valence-electron chi connectivity index (χ2n) is 4.92. The maximum Gasteiger partial charge on any atom is 0.387 e. The Morgan fingerprint density at radius 3 is 2.43 bits per heavy atom. The molecule has 21 heavy (non-hydrogen) atoms. The van der Waals surface area contributed by atoms with Crippen LogP contribution < -0.4 is 10.1 Å². The monoisotopic (exact) mass is 299 g/mol. The Morgan fingerprint density at radius 1 is 1.24 bits per heavy atom. The average Bonchev–Trinajstić information content (AvgIpc) is 2.87. The lowest BCUT2D eigenvalue weighted by molar-refractivity contribution is -0.141. The maximum atomic E-state index is 12.0. The molecule has 0 saturated heterocycles. The van der Waals surface area contributed by atoms with Crippen molar-refractivity contribution in [2.45, 2.75) is 31.9 Å². The van der Waals surface area contributed by atoms with Crippen LogP contribution in [0.25, 0.3) is 0 Å². The number of hydrogen-bond acceptors (Lipinski definition) is 3. The van der Waals surface area contributed by atoms with Gasteiger partial charge in [0.15, 0.2) is 0 Å². The minimum Gasteiger partial charge on any atom is -0.481 e. The number of amides is 1. The molecule has 1 saturated carbocycles. The highest BCUT2D eigenvalue weighted by Gasteiger charge is 2.30. The molecule has 0 aromatic heterocycles. The summed E-state index contributed by atoms with van der Waals surface area (Å²) in [6, 6.07) is 5.18. The molecule has 1 aromatic rings. The summed E-state index contributed by atoms with van der Waals surface area (Å²) in [5, 5.41) is 11.6. The Bertz CT molecular complexity index is 518. The van der Waals surface area contributed by atoms with Gasteiger partial charge in [-0.15, -0.1) is 0 Å². The summed E-state index contributed by atoms with van der Waals surface area (Å²) >= 11 is 0. The second-order valence-corrected chi connectivity index (χ2v) is 4.92. The number of nitrogens with one attached hydrogen (secondary N) is 1. The van der Waals surface area contributed by atoms with E-state index in [-0.39, 0.29) is 17.7 Å². The number of carboxylic acid groups (broad SMARTS) is 1. The summed E-state index contributed by atoms with van der Waals surface area (Å²) in [6.45, 7) is -2.91. The van der Waals surface area contributed by atoms with Gasteiger partial charge in [0.2, 0.25) is 0 Å². The first-order chi connectivity index (χ1) is 9.95. The third-order valence-electron chi connectivity index (χ3n) is 3.46. The van der Waals surface area contributed by atoms with Crippen molar-refractivity contribution in [3.05, 3.63) is 29.8 Å². The molecule has 0 bridgehead atoms. The van der Waals surface area contributed by atoms with Crippen LogP contribution in [-0.4, -0.2) is 29.6 Å². The number of alkyl halides is 2. The predicted molar refractivity (Wildman–Crippen MR) is 69.3 cm³/mol. The van der Waals surface area contributed by atoms with Gasteiger partial charge in [-0.05, 0) is 43.5 Å². The third kappa shape index (κ3) is 4.14. The molecule has 1 aromatic carbocycles.